The molecule has 1 saturated heterocycles. The van der Waals surface area contributed by atoms with Crippen LogP contribution < -0.4 is 0 Å². The summed E-state index contributed by atoms with van der Waals surface area (Å²) in [7, 11) is 2.29. The van der Waals surface area contributed by atoms with Crippen molar-refractivity contribution in [2.45, 2.75) is 122 Å². The first-order valence-electron chi connectivity index (χ1n) is 10.6. The van der Waals surface area contributed by atoms with Crippen LogP contribution in [0.15, 0.2) is 0 Å². The van der Waals surface area contributed by atoms with Gasteiger partial charge in [-0.25, -0.2) is 0 Å². The van der Waals surface area contributed by atoms with Crippen molar-refractivity contribution in [3.05, 3.63) is 0 Å². The molecule has 0 atom stereocenters. The molecule has 0 spiro atoms. The van der Waals surface area contributed by atoms with Crippen LogP contribution in [0.1, 0.15) is 111 Å². The largest absolute Gasteiger partial charge is 0.481 e. The lowest BCUT2D eigenvalue weighted by atomic mass is 9.72. The van der Waals surface area contributed by atoms with Gasteiger partial charge < -0.3 is 5.11 Å². The summed E-state index contributed by atoms with van der Waals surface area (Å²) < 4.78 is 0. The van der Waals surface area contributed by atoms with Crippen molar-refractivity contribution in [2.75, 3.05) is 7.05 Å². The summed E-state index contributed by atoms with van der Waals surface area (Å²) in [4.78, 5) is 13.0. The second-order valence-corrected chi connectivity index (χ2v) is 9.57. The Labute approximate surface area is 156 Å². The van der Waals surface area contributed by atoms with Gasteiger partial charge in [0.15, 0.2) is 0 Å². The lowest BCUT2D eigenvalue weighted by Gasteiger charge is -2.54. The first-order chi connectivity index (χ1) is 11.6. The van der Waals surface area contributed by atoms with E-state index < -0.39 is 5.97 Å². The zero-order chi connectivity index (χ0) is 18.9. The highest BCUT2D eigenvalue weighted by atomic mass is 16.4. The quantitative estimate of drug-likeness (QED) is 0.421. The topological polar surface area (TPSA) is 40.5 Å². The number of unbranched alkanes of at least 4 members (excludes halogenated alkanes) is 8. The molecule has 0 saturated carbocycles. The van der Waals surface area contributed by atoms with E-state index in [9.17, 15) is 4.79 Å². The maximum atomic E-state index is 10.4. The number of carboxylic acids is 1. The lowest BCUT2D eigenvalue weighted by molar-refractivity contribution is -0.137. The van der Waals surface area contributed by atoms with Gasteiger partial charge in [0, 0.05) is 17.5 Å². The highest BCUT2D eigenvalue weighted by Crippen LogP contribution is 2.41. The van der Waals surface area contributed by atoms with Crippen LogP contribution in [0.5, 0.6) is 0 Å². The third kappa shape index (κ3) is 8.57. The zero-order valence-corrected chi connectivity index (χ0v) is 17.6. The van der Waals surface area contributed by atoms with Crippen LogP contribution in [0.3, 0.4) is 0 Å². The van der Waals surface area contributed by atoms with Gasteiger partial charge in [-0.05, 0) is 59.9 Å². The number of rotatable bonds is 12. The second kappa shape index (κ2) is 10.5. The van der Waals surface area contributed by atoms with Gasteiger partial charge in [-0.3, -0.25) is 9.69 Å². The van der Waals surface area contributed by atoms with Crippen molar-refractivity contribution in [1.82, 2.24) is 4.90 Å². The van der Waals surface area contributed by atoms with E-state index in [0.717, 1.165) is 18.8 Å². The lowest BCUT2D eigenvalue weighted by Crippen LogP contribution is -2.58. The number of likely N-dealkylation sites (tertiary alicyclic amines) is 1. The molecule has 0 unspecified atom stereocenters. The fraction of sp³-hybridized carbons (Fsp3) is 0.955. The minimum atomic E-state index is -0.656. The summed E-state index contributed by atoms with van der Waals surface area (Å²) in [6.07, 6.45) is 15.6. The Morgan fingerprint density at radius 3 is 1.68 bits per heavy atom. The van der Waals surface area contributed by atoms with Gasteiger partial charge in [0.1, 0.15) is 0 Å². The van der Waals surface area contributed by atoms with Crippen molar-refractivity contribution < 1.29 is 9.90 Å². The maximum Gasteiger partial charge on any atom is 0.303 e. The molecule has 25 heavy (non-hydrogen) atoms. The summed E-state index contributed by atoms with van der Waals surface area (Å²) in [6, 6.07) is 0. The number of nitrogens with zero attached hydrogens (tertiary/aromatic N) is 1. The predicted octanol–water partition coefficient (Wildman–Crippen LogP) is 6.26. The molecule has 3 heteroatoms. The summed E-state index contributed by atoms with van der Waals surface area (Å²) >= 11 is 0. The molecule has 3 nitrogen and oxygen atoms in total. The van der Waals surface area contributed by atoms with Crippen LogP contribution in [0, 0.1) is 5.92 Å². The van der Waals surface area contributed by atoms with Crippen LogP contribution >= 0.6 is 0 Å². The van der Waals surface area contributed by atoms with Crippen LogP contribution in [0.4, 0.5) is 0 Å². The fourth-order valence-corrected chi connectivity index (χ4v) is 4.73. The maximum absolute atomic E-state index is 10.4. The summed E-state index contributed by atoms with van der Waals surface area (Å²) in [5, 5.41) is 8.60. The molecular formula is C22H43NO2. The summed E-state index contributed by atoms with van der Waals surface area (Å²) in [5.74, 6) is 0.229. The van der Waals surface area contributed by atoms with Gasteiger partial charge in [-0.2, -0.15) is 0 Å². The van der Waals surface area contributed by atoms with E-state index in [1.165, 1.54) is 64.2 Å². The monoisotopic (exact) mass is 353 g/mol. The normalized spacial score (nSPS) is 20.7. The molecule has 0 bridgehead atoms. The first-order valence-corrected chi connectivity index (χ1v) is 10.6. The van der Waals surface area contributed by atoms with Crippen molar-refractivity contribution in [1.29, 1.82) is 0 Å². The average Bonchev–Trinajstić information content (AvgIpc) is 2.49. The molecule has 1 N–H and O–H groups in total. The van der Waals surface area contributed by atoms with E-state index in [1.54, 1.807) is 0 Å². The van der Waals surface area contributed by atoms with Gasteiger partial charge in [0.2, 0.25) is 0 Å². The predicted molar refractivity (Wildman–Crippen MR) is 107 cm³/mol. The molecule has 0 amide bonds. The van der Waals surface area contributed by atoms with Crippen LogP contribution in [-0.2, 0) is 4.79 Å². The van der Waals surface area contributed by atoms with Crippen molar-refractivity contribution in [2.24, 2.45) is 5.92 Å². The molecule has 0 aromatic carbocycles. The van der Waals surface area contributed by atoms with E-state index in [-0.39, 0.29) is 0 Å². The molecular weight excluding hydrogens is 310 g/mol. The number of hydrogen-bond donors (Lipinski definition) is 1. The Balaban J connectivity index is 2.02. The van der Waals surface area contributed by atoms with E-state index >= 15 is 0 Å². The Morgan fingerprint density at radius 1 is 0.840 bits per heavy atom. The second-order valence-electron chi connectivity index (χ2n) is 9.57. The number of aliphatic carboxylic acids is 1. The summed E-state index contributed by atoms with van der Waals surface area (Å²) in [5.41, 5.74) is 0.653. The molecule has 0 aliphatic carbocycles. The first kappa shape index (κ1) is 22.5. The number of piperidine rings is 1. The van der Waals surface area contributed by atoms with E-state index in [1.807, 2.05) is 0 Å². The molecule has 0 aromatic rings. The summed E-state index contributed by atoms with van der Waals surface area (Å²) in [6.45, 7) is 9.60. The van der Waals surface area contributed by atoms with Crippen molar-refractivity contribution in [3.8, 4) is 0 Å². The fourth-order valence-electron chi connectivity index (χ4n) is 4.73. The third-order valence-corrected chi connectivity index (χ3v) is 6.40. The SMILES string of the molecule is CN1C(C)(C)CC(CCCCCCCCCCCC(=O)O)CC1(C)C. The molecule has 0 aromatic heterocycles. The van der Waals surface area contributed by atoms with Crippen LogP contribution in [0.2, 0.25) is 0 Å². The van der Waals surface area contributed by atoms with Crippen LogP contribution in [0.25, 0.3) is 0 Å². The molecule has 0 radical (unpaired) electrons. The van der Waals surface area contributed by atoms with Gasteiger partial charge in [0.05, 0.1) is 0 Å². The molecule has 1 heterocycles. The molecule has 1 rings (SSSR count). The van der Waals surface area contributed by atoms with Gasteiger partial charge in [-0.15, -0.1) is 0 Å². The Morgan fingerprint density at radius 2 is 1.24 bits per heavy atom. The Kier molecular flexibility index (Phi) is 9.48. The van der Waals surface area contributed by atoms with Crippen molar-refractivity contribution in [3.63, 3.8) is 0 Å². The molecule has 1 aliphatic rings. The molecule has 1 fully saturated rings. The number of carboxylic acid groups (broad SMARTS) is 1. The van der Waals surface area contributed by atoms with E-state index in [2.05, 4.69) is 39.6 Å². The highest BCUT2D eigenvalue weighted by molar-refractivity contribution is 5.66. The standard InChI is InChI=1S/C22H43NO2/c1-21(2)17-19(18-22(3,4)23(21)5)15-13-11-9-7-6-8-10-12-14-16-20(24)25/h19H,6-18H2,1-5H3,(H,24,25). The third-order valence-electron chi connectivity index (χ3n) is 6.40. The van der Waals surface area contributed by atoms with Crippen molar-refractivity contribution >= 4 is 5.97 Å². The number of hydrogen-bond acceptors (Lipinski definition) is 2. The number of carbonyl (C=O) groups is 1. The molecule has 1 aliphatic heterocycles. The average molecular weight is 354 g/mol. The van der Waals surface area contributed by atoms with E-state index in [0.29, 0.717) is 17.5 Å². The zero-order valence-electron chi connectivity index (χ0n) is 17.6. The van der Waals surface area contributed by atoms with Gasteiger partial charge >= 0.3 is 5.97 Å². The molecule has 148 valence electrons. The minimum Gasteiger partial charge on any atom is -0.481 e. The smallest absolute Gasteiger partial charge is 0.303 e. The highest BCUT2D eigenvalue weighted by Gasteiger charge is 2.42. The van der Waals surface area contributed by atoms with E-state index in [4.69, 9.17) is 5.11 Å². The van der Waals surface area contributed by atoms with Gasteiger partial charge in [-0.1, -0.05) is 57.8 Å². The Bertz CT molecular complexity index is 371. The Hall–Kier alpha value is -0.570. The van der Waals surface area contributed by atoms with Gasteiger partial charge in [0.25, 0.3) is 0 Å². The van der Waals surface area contributed by atoms with Crippen LogP contribution in [-0.4, -0.2) is 34.1 Å². The minimum absolute atomic E-state index is 0.326.